The molecule has 1 aliphatic heterocycles. The Morgan fingerprint density at radius 3 is 2.78 bits per heavy atom. The minimum absolute atomic E-state index is 0.0801. The summed E-state index contributed by atoms with van der Waals surface area (Å²) in [6, 6.07) is 11.4. The fourth-order valence-corrected chi connectivity index (χ4v) is 2.78. The van der Waals surface area contributed by atoms with E-state index >= 15 is 0 Å². The van der Waals surface area contributed by atoms with Gasteiger partial charge in [-0.15, -0.1) is 0 Å². The molecule has 2 aromatic rings. The van der Waals surface area contributed by atoms with Crippen molar-refractivity contribution in [2.24, 2.45) is 0 Å². The van der Waals surface area contributed by atoms with Gasteiger partial charge in [0.05, 0.1) is 11.8 Å². The largest absolute Gasteiger partial charge is 0.376 e. The van der Waals surface area contributed by atoms with Gasteiger partial charge in [0.25, 0.3) is 0 Å². The van der Waals surface area contributed by atoms with Gasteiger partial charge >= 0.3 is 0 Å². The lowest BCUT2D eigenvalue weighted by atomic mass is 9.94. The van der Waals surface area contributed by atoms with Crippen molar-refractivity contribution in [1.82, 2.24) is 10.3 Å². The van der Waals surface area contributed by atoms with Crippen molar-refractivity contribution in [3.05, 3.63) is 65.7 Å². The summed E-state index contributed by atoms with van der Waals surface area (Å²) < 4.78 is 18.7. The number of rotatable bonds is 5. The van der Waals surface area contributed by atoms with Crippen molar-refractivity contribution in [2.45, 2.75) is 24.9 Å². The Morgan fingerprint density at radius 1 is 1.30 bits per heavy atom. The summed E-state index contributed by atoms with van der Waals surface area (Å²) >= 11 is 0. The Bertz CT molecular complexity index is 640. The molecule has 1 aromatic heterocycles. The molecule has 23 heavy (non-hydrogen) atoms. The fourth-order valence-electron chi connectivity index (χ4n) is 2.78. The summed E-state index contributed by atoms with van der Waals surface area (Å²) in [6.45, 7) is 1.24. The van der Waals surface area contributed by atoms with Crippen molar-refractivity contribution < 1.29 is 13.9 Å². The van der Waals surface area contributed by atoms with Crippen LogP contribution in [0.2, 0.25) is 0 Å². The van der Waals surface area contributed by atoms with Crippen LogP contribution >= 0.6 is 0 Å². The normalized spacial score (nSPS) is 18.6. The van der Waals surface area contributed by atoms with Crippen molar-refractivity contribution in [2.75, 3.05) is 13.2 Å². The molecule has 2 atom stereocenters. The lowest BCUT2D eigenvalue weighted by molar-refractivity contribution is -0.122. The summed E-state index contributed by atoms with van der Waals surface area (Å²) in [4.78, 5) is 17.0. The number of hydrogen-bond donors (Lipinski definition) is 1. The molecule has 0 radical (unpaired) electrons. The number of hydrogen-bond acceptors (Lipinski definition) is 3. The molecule has 3 rings (SSSR count). The van der Waals surface area contributed by atoms with Crippen LogP contribution in [0.3, 0.4) is 0 Å². The summed E-state index contributed by atoms with van der Waals surface area (Å²) in [5, 5.41) is 2.94. The lowest BCUT2D eigenvalue weighted by Crippen LogP contribution is -2.36. The van der Waals surface area contributed by atoms with E-state index in [0.29, 0.717) is 12.2 Å². The zero-order chi connectivity index (χ0) is 16.1. The molecule has 1 aliphatic rings. The smallest absolute Gasteiger partial charge is 0.233 e. The van der Waals surface area contributed by atoms with Crippen LogP contribution in [-0.2, 0) is 9.53 Å². The highest BCUT2D eigenvalue weighted by molar-refractivity contribution is 5.86. The molecule has 120 valence electrons. The molecule has 2 unspecified atom stereocenters. The first-order valence-electron chi connectivity index (χ1n) is 7.80. The number of carbonyl (C=O) groups excluding carboxylic acids is 1. The minimum atomic E-state index is -0.557. The second-order valence-electron chi connectivity index (χ2n) is 5.62. The van der Waals surface area contributed by atoms with Crippen molar-refractivity contribution in [3.8, 4) is 0 Å². The molecule has 1 fully saturated rings. The van der Waals surface area contributed by atoms with Crippen LogP contribution in [-0.4, -0.2) is 30.1 Å². The van der Waals surface area contributed by atoms with Gasteiger partial charge in [0.1, 0.15) is 11.7 Å². The van der Waals surface area contributed by atoms with E-state index in [2.05, 4.69) is 10.3 Å². The van der Waals surface area contributed by atoms with E-state index in [-0.39, 0.29) is 17.8 Å². The Kier molecular flexibility index (Phi) is 4.98. The average Bonchev–Trinajstić information content (AvgIpc) is 3.09. The van der Waals surface area contributed by atoms with E-state index in [4.69, 9.17) is 4.74 Å². The van der Waals surface area contributed by atoms with Gasteiger partial charge in [-0.1, -0.05) is 18.2 Å². The minimum Gasteiger partial charge on any atom is -0.376 e. The molecule has 2 heterocycles. The van der Waals surface area contributed by atoms with Crippen LogP contribution in [0.1, 0.15) is 30.0 Å². The van der Waals surface area contributed by atoms with Gasteiger partial charge in [-0.25, -0.2) is 4.39 Å². The van der Waals surface area contributed by atoms with Crippen LogP contribution in [0.5, 0.6) is 0 Å². The van der Waals surface area contributed by atoms with Crippen LogP contribution < -0.4 is 5.32 Å². The van der Waals surface area contributed by atoms with Crippen LogP contribution in [0, 0.1) is 5.82 Å². The molecular formula is C18H19FN2O2. The Labute approximate surface area is 134 Å². The first kappa shape index (κ1) is 15.6. The van der Waals surface area contributed by atoms with Gasteiger partial charge < -0.3 is 10.1 Å². The van der Waals surface area contributed by atoms with Gasteiger partial charge in [-0.2, -0.15) is 0 Å². The highest BCUT2D eigenvalue weighted by Gasteiger charge is 2.25. The number of carbonyl (C=O) groups is 1. The lowest BCUT2D eigenvalue weighted by Gasteiger charge is -2.18. The number of aromatic nitrogens is 1. The summed E-state index contributed by atoms with van der Waals surface area (Å²) in [7, 11) is 0. The molecule has 4 nitrogen and oxygen atoms in total. The van der Waals surface area contributed by atoms with E-state index in [1.54, 1.807) is 30.5 Å². The highest BCUT2D eigenvalue weighted by Crippen LogP contribution is 2.24. The maximum Gasteiger partial charge on any atom is 0.233 e. The predicted octanol–water partition coefficient (Wildman–Crippen LogP) is 2.65. The standard InChI is InChI=1S/C18H19FN2O2/c19-14-8-6-13(7-9-14)17(16-5-1-2-10-20-16)18(22)21-12-15-4-3-11-23-15/h1-2,5-10,15,17H,3-4,11-12H2,(H,21,22). The third kappa shape index (κ3) is 3.93. The molecule has 0 spiro atoms. The third-order valence-corrected chi connectivity index (χ3v) is 3.98. The second kappa shape index (κ2) is 7.33. The number of benzene rings is 1. The van der Waals surface area contributed by atoms with Gasteiger partial charge in [-0.05, 0) is 42.7 Å². The van der Waals surface area contributed by atoms with E-state index in [9.17, 15) is 9.18 Å². The van der Waals surface area contributed by atoms with E-state index in [1.807, 2.05) is 6.07 Å². The van der Waals surface area contributed by atoms with Crippen molar-refractivity contribution >= 4 is 5.91 Å². The molecule has 1 saturated heterocycles. The number of pyridine rings is 1. The molecule has 1 amide bonds. The summed E-state index contributed by atoms with van der Waals surface area (Å²) in [6.07, 6.45) is 3.73. The second-order valence-corrected chi connectivity index (χ2v) is 5.62. The van der Waals surface area contributed by atoms with Crippen molar-refractivity contribution in [3.63, 3.8) is 0 Å². The van der Waals surface area contributed by atoms with Gasteiger partial charge in [0.15, 0.2) is 0 Å². The Balaban J connectivity index is 1.79. The SMILES string of the molecule is O=C(NCC1CCCO1)C(c1ccc(F)cc1)c1ccccn1. The first-order valence-corrected chi connectivity index (χ1v) is 7.80. The van der Waals surface area contributed by atoms with Gasteiger partial charge in [0.2, 0.25) is 5.91 Å². The highest BCUT2D eigenvalue weighted by atomic mass is 19.1. The van der Waals surface area contributed by atoms with Gasteiger partial charge in [-0.3, -0.25) is 9.78 Å². The van der Waals surface area contributed by atoms with E-state index < -0.39 is 5.92 Å². The first-order chi connectivity index (χ1) is 11.2. The maximum absolute atomic E-state index is 13.2. The van der Waals surface area contributed by atoms with Gasteiger partial charge in [0, 0.05) is 19.3 Å². The number of nitrogens with zero attached hydrogens (tertiary/aromatic N) is 1. The molecular weight excluding hydrogens is 295 g/mol. The van der Waals surface area contributed by atoms with Crippen LogP contribution in [0.4, 0.5) is 4.39 Å². The summed E-state index contributed by atoms with van der Waals surface area (Å²) in [5.74, 6) is -1.03. The Hall–Kier alpha value is -2.27. The fraction of sp³-hybridized carbons (Fsp3) is 0.333. The maximum atomic E-state index is 13.2. The van der Waals surface area contributed by atoms with Crippen LogP contribution in [0.25, 0.3) is 0 Å². The van der Waals surface area contributed by atoms with E-state index in [0.717, 1.165) is 25.0 Å². The van der Waals surface area contributed by atoms with Crippen molar-refractivity contribution in [1.29, 1.82) is 0 Å². The molecule has 1 N–H and O–H groups in total. The number of ether oxygens (including phenoxy) is 1. The molecule has 0 saturated carbocycles. The quantitative estimate of drug-likeness (QED) is 0.923. The summed E-state index contributed by atoms with van der Waals surface area (Å²) in [5.41, 5.74) is 1.36. The number of halogens is 1. The van der Waals surface area contributed by atoms with Crippen LogP contribution in [0.15, 0.2) is 48.7 Å². The molecule has 5 heteroatoms. The predicted molar refractivity (Wildman–Crippen MR) is 84.5 cm³/mol. The monoisotopic (exact) mass is 314 g/mol. The number of nitrogens with one attached hydrogen (secondary N) is 1. The van der Waals surface area contributed by atoms with E-state index in [1.165, 1.54) is 12.1 Å². The zero-order valence-corrected chi connectivity index (χ0v) is 12.7. The molecule has 1 aromatic carbocycles. The topological polar surface area (TPSA) is 51.2 Å². The average molecular weight is 314 g/mol. The molecule has 0 aliphatic carbocycles. The Morgan fingerprint density at radius 2 is 2.13 bits per heavy atom. The zero-order valence-electron chi connectivity index (χ0n) is 12.7. The third-order valence-electron chi connectivity index (χ3n) is 3.98. The number of amides is 1. The molecule has 0 bridgehead atoms.